The number of hydrogen-bond acceptors (Lipinski definition) is 0. The molecular formula is H3BiGePPr. The van der Waals surface area contributed by atoms with E-state index in [0.29, 0.717) is 0 Å². The van der Waals surface area contributed by atoms with Crippen molar-refractivity contribution in [2.24, 2.45) is 0 Å². The molecule has 0 heterocycles. The first-order valence-electron chi connectivity index (χ1n) is 0. The summed E-state index contributed by atoms with van der Waals surface area (Å²) in [5, 5.41) is 0. The minimum Gasteiger partial charge on any atom is -0.153 e. The summed E-state index contributed by atoms with van der Waals surface area (Å²) >= 11 is 0. The van der Waals surface area contributed by atoms with Crippen LogP contribution in [0.4, 0.5) is 0 Å². The van der Waals surface area contributed by atoms with Gasteiger partial charge in [-0.05, 0) is 0 Å². The second kappa shape index (κ2) is 16.3. The van der Waals surface area contributed by atoms with E-state index in [2.05, 4.69) is 0 Å². The Morgan fingerprint density at radius 2 is 1.00 bits per heavy atom. The monoisotopic (exact) mass is 458 g/mol. The van der Waals surface area contributed by atoms with Gasteiger partial charge in [0.2, 0.25) is 0 Å². The van der Waals surface area contributed by atoms with E-state index in [0.717, 1.165) is 0 Å². The van der Waals surface area contributed by atoms with Gasteiger partial charge in [-0.15, -0.1) is 0 Å². The van der Waals surface area contributed by atoms with Gasteiger partial charge in [0, 0.05) is 85.1 Å². The van der Waals surface area contributed by atoms with Crippen molar-refractivity contribution in [2.75, 3.05) is 0 Å². The van der Waals surface area contributed by atoms with Crippen LogP contribution in [-0.4, -0.2) is 43.8 Å². The van der Waals surface area contributed by atoms with Crippen molar-refractivity contribution in [1.82, 2.24) is 0 Å². The fraction of sp³-hybridized carbons (Fsp3) is 0. The summed E-state index contributed by atoms with van der Waals surface area (Å²) in [4.78, 5) is 0. The average Bonchev–Trinajstić information content (AvgIpc) is 0. The molecule has 0 amide bonds. The Morgan fingerprint density at radius 3 is 1.00 bits per heavy atom. The summed E-state index contributed by atoms with van der Waals surface area (Å²) in [5.41, 5.74) is 0. The Morgan fingerprint density at radius 1 is 1.00 bits per heavy atom. The standard InChI is InChI=1S/Bi.Ge.H3P.Pr/h;;1H3;. The second-order valence-electron chi connectivity index (χ2n) is 0. The molecule has 0 N–H and O–H groups in total. The van der Waals surface area contributed by atoms with E-state index in [1.54, 1.807) is 0 Å². The fourth-order valence-electron chi connectivity index (χ4n) is 0. The van der Waals surface area contributed by atoms with Crippen molar-refractivity contribution in [3.05, 3.63) is 0 Å². The van der Waals surface area contributed by atoms with Gasteiger partial charge >= 0.3 is 0 Å². The van der Waals surface area contributed by atoms with Crippen molar-refractivity contribution in [2.45, 2.75) is 0 Å². The molecule has 1 atom stereocenters. The molecule has 8 radical (unpaired) electrons. The minimum atomic E-state index is 0. The zero-order chi connectivity index (χ0) is 0. The number of hydrogen-bond donors (Lipinski definition) is 0. The molecule has 1 unspecified atom stereocenters. The average molecular weight is 456 g/mol. The van der Waals surface area contributed by atoms with Gasteiger partial charge in [0.15, 0.2) is 0 Å². The molecule has 0 aliphatic rings. The normalized spacial score (nSPS) is 0. The van der Waals surface area contributed by atoms with Gasteiger partial charge in [0.25, 0.3) is 0 Å². The van der Waals surface area contributed by atoms with Gasteiger partial charge < -0.3 is 0 Å². The Labute approximate surface area is 92.9 Å². The van der Waals surface area contributed by atoms with Crippen molar-refractivity contribution in [1.29, 1.82) is 0 Å². The zero-order valence-electron chi connectivity index (χ0n) is 2.23. The maximum absolute atomic E-state index is 0. The van der Waals surface area contributed by atoms with E-state index < -0.39 is 0 Å². The Hall–Kier alpha value is 3.22. The third-order valence-electron chi connectivity index (χ3n) is 0. The SMILES string of the molecule is P.[Bi].[Ge].[Pr]. The minimum absolute atomic E-state index is 0. The third kappa shape index (κ3) is 8.97. The maximum Gasteiger partial charge on any atom is 0 e. The van der Waals surface area contributed by atoms with E-state index in [4.69, 9.17) is 0 Å². The third-order valence-corrected chi connectivity index (χ3v) is 0. The molecule has 4 heavy (non-hydrogen) atoms. The molecule has 0 spiro atoms. The van der Waals surface area contributed by atoms with E-state index in [1.807, 2.05) is 0 Å². The van der Waals surface area contributed by atoms with Crippen LogP contribution in [0.2, 0.25) is 0 Å². The molecule has 0 aromatic carbocycles. The van der Waals surface area contributed by atoms with Crippen LogP contribution in [0.1, 0.15) is 0 Å². The smallest absolute Gasteiger partial charge is 0 e. The Bertz CT molecular complexity index is 8.00. The van der Waals surface area contributed by atoms with Crippen LogP contribution in [0, 0.1) is 41.3 Å². The first-order chi connectivity index (χ1) is 0. The van der Waals surface area contributed by atoms with E-state index in [9.17, 15) is 0 Å². The first kappa shape index (κ1) is 26.9. The molecule has 20 valence electrons. The van der Waals surface area contributed by atoms with Crippen LogP contribution in [0.15, 0.2) is 0 Å². The molecule has 0 bridgehead atoms. The summed E-state index contributed by atoms with van der Waals surface area (Å²) in [6, 6.07) is 0. The molecule has 0 rings (SSSR count). The molecule has 0 saturated heterocycles. The van der Waals surface area contributed by atoms with Gasteiger partial charge in [-0.25, -0.2) is 0 Å². The largest absolute Gasteiger partial charge is 0.153 e. The van der Waals surface area contributed by atoms with Gasteiger partial charge in [0.1, 0.15) is 0 Å². The van der Waals surface area contributed by atoms with Gasteiger partial charge in [-0.3, -0.25) is 0 Å². The van der Waals surface area contributed by atoms with E-state index in [1.165, 1.54) is 0 Å². The summed E-state index contributed by atoms with van der Waals surface area (Å²) in [6.07, 6.45) is 0. The summed E-state index contributed by atoms with van der Waals surface area (Å²) in [7, 11) is 0. The van der Waals surface area contributed by atoms with Crippen LogP contribution in [-0.2, 0) is 0 Å². The predicted octanol–water partition coefficient (Wildman–Crippen LogP) is -0.704. The zero-order valence-corrected chi connectivity index (χ0v) is 12.9. The molecule has 0 aromatic rings. The molecule has 0 aromatic heterocycles. The van der Waals surface area contributed by atoms with Crippen LogP contribution >= 0.6 is 9.90 Å². The van der Waals surface area contributed by atoms with E-state index in [-0.39, 0.29) is 95.0 Å². The second-order valence-corrected chi connectivity index (χ2v) is 0. The predicted molar refractivity (Wildman–Crippen MR) is 22.6 cm³/mol. The molecule has 0 aliphatic carbocycles. The van der Waals surface area contributed by atoms with Crippen molar-refractivity contribution < 1.29 is 41.3 Å². The van der Waals surface area contributed by atoms with E-state index >= 15 is 0 Å². The topological polar surface area (TPSA) is 0 Å². The molecule has 0 saturated carbocycles. The summed E-state index contributed by atoms with van der Waals surface area (Å²) in [5.74, 6) is 0. The summed E-state index contributed by atoms with van der Waals surface area (Å²) in [6.45, 7) is 0. The quantitative estimate of drug-likeness (QED) is 0.334. The van der Waals surface area contributed by atoms with Crippen LogP contribution in [0.25, 0.3) is 0 Å². The van der Waals surface area contributed by atoms with Gasteiger partial charge in [-0.1, -0.05) is 0 Å². The van der Waals surface area contributed by atoms with Crippen molar-refractivity contribution in [3.8, 4) is 0 Å². The Kier molecular flexibility index (Phi) is 110. The van der Waals surface area contributed by atoms with Crippen molar-refractivity contribution >= 4 is 53.7 Å². The number of rotatable bonds is 0. The van der Waals surface area contributed by atoms with Gasteiger partial charge in [0.05, 0.1) is 0 Å². The maximum atomic E-state index is 0. The molecule has 0 fully saturated rings. The summed E-state index contributed by atoms with van der Waals surface area (Å²) < 4.78 is 0. The molecule has 4 heteroatoms. The first-order valence-corrected chi connectivity index (χ1v) is 0. The fourth-order valence-corrected chi connectivity index (χ4v) is 0. The molecule has 0 nitrogen and oxygen atoms in total. The van der Waals surface area contributed by atoms with Crippen molar-refractivity contribution in [3.63, 3.8) is 0 Å². The molecule has 0 aliphatic heterocycles. The van der Waals surface area contributed by atoms with Crippen LogP contribution in [0.3, 0.4) is 0 Å². The molecular weight excluding hydrogens is 453 g/mol. The Balaban J connectivity index is 0. The van der Waals surface area contributed by atoms with Crippen LogP contribution < -0.4 is 0 Å². The van der Waals surface area contributed by atoms with Crippen LogP contribution in [0.5, 0.6) is 0 Å². The van der Waals surface area contributed by atoms with Gasteiger partial charge in [-0.2, -0.15) is 9.90 Å².